The highest BCUT2D eigenvalue weighted by Gasteiger charge is 2.24. The van der Waals surface area contributed by atoms with E-state index in [1.165, 1.54) is 17.2 Å². The molecule has 0 amide bonds. The van der Waals surface area contributed by atoms with E-state index in [9.17, 15) is 9.59 Å². The molecule has 1 atom stereocenters. The zero-order valence-corrected chi connectivity index (χ0v) is 19.5. The van der Waals surface area contributed by atoms with Gasteiger partial charge in [-0.05, 0) is 55.9 Å². The molecule has 0 saturated heterocycles. The van der Waals surface area contributed by atoms with Crippen LogP contribution in [0.4, 0.5) is 0 Å². The van der Waals surface area contributed by atoms with Gasteiger partial charge in [-0.15, -0.1) is 0 Å². The number of nitrogens with zero attached hydrogens (tertiary/aromatic N) is 3. The fourth-order valence-electron chi connectivity index (χ4n) is 4.30. The standard InChI is InChI=1S/C27H29N3O3/c1-17(2)14-25(27(32)33-4)30-16-21(28-18(3)26(30)31)13-12-19-9-7-11-24-22(19)15-20-8-5-6-10-23(20)29-24/h5-11,15-17,25H,12-14H2,1-4H3/t25-/m0/s1. The Hall–Kier alpha value is -3.54. The van der Waals surface area contributed by atoms with Crippen LogP contribution in [0.25, 0.3) is 21.8 Å². The van der Waals surface area contributed by atoms with Gasteiger partial charge in [-0.25, -0.2) is 9.78 Å². The van der Waals surface area contributed by atoms with Crippen molar-refractivity contribution >= 4 is 27.8 Å². The SMILES string of the molecule is COC(=O)[C@H](CC(C)C)n1cc(CCc2cccc3nc4ccccc4cc23)nc(C)c1=O. The first-order chi connectivity index (χ1) is 15.9. The summed E-state index contributed by atoms with van der Waals surface area (Å²) in [6.45, 7) is 5.74. The van der Waals surface area contributed by atoms with Crippen LogP contribution in [0.2, 0.25) is 0 Å². The molecule has 0 saturated carbocycles. The third kappa shape index (κ3) is 4.80. The minimum Gasteiger partial charge on any atom is -0.467 e. The van der Waals surface area contributed by atoms with Crippen LogP contribution in [-0.4, -0.2) is 27.6 Å². The fourth-order valence-corrected chi connectivity index (χ4v) is 4.30. The topological polar surface area (TPSA) is 74.1 Å². The Morgan fingerprint density at radius 3 is 2.55 bits per heavy atom. The van der Waals surface area contributed by atoms with Crippen LogP contribution in [0.3, 0.4) is 0 Å². The summed E-state index contributed by atoms with van der Waals surface area (Å²) in [7, 11) is 1.36. The summed E-state index contributed by atoms with van der Waals surface area (Å²) >= 11 is 0. The van der Waals surface area contributed by atoms with Crippen LogP contribution in [0.5, 0.6) is 0 Å². The van der Waals surface area contributed by atoms with Crippen LogP contribution >= 0.6 is 0 Å². The number of rotatable bonds is 7. The van der Waals surface area contributed by atoms with Crippen molar-refractivity contribution in [3.8, 4) is 0 Å². The summed E-state index contributed by atoms with van der Waals surface area (Å²) in [5, 5.41) is 2.23. The number of methoxy groups -OCH3 is 1. The van der Waals surface area contributed by atoms with Gasteiger partial charge >= 0.3 is 5.97 Å². The normalized spacial score (nSPS) is 12.4. The number of aryl methyl sites for hydroxylation is 3. The molecule has 0 aliphatic rings. The quantitative estimate of drug-likeness (QED) is 0.303. The second kappa shape index (κ2) is 9.53. The monoisotopic (exact) mass is 443 g/mol. The molecule has 2 aromatic carbocycles. The van der Waals surface area contributed by atoms with Crippen molar-refractivity contribution in [3.05, 3.63) is 82.0 Å². The summed E-state index contributed by atoms with van der Waals surface area (Å²) < 4.78 is 6.49. The Bertz CT molecular complexity index is 1370. The molecule has 0 spiro atoms. The van der Waals surface area contributed by atoms with Crippen LogP contribution in [0.1, 0.15) is 43.3 Å². The molecule has 6 nitrogen and oxygen atoms in total. The third-order valence-electron chi connectivity index (χ3n) is 5.95. The van der Waals surface area contributed by atoms with Gasteiger partial charge < -0.3 is 4.74 Å². The maximum absolute atomic E-state index is 12.8. The molecule has 0 fully saturated rings. The van der Waals surface area contributed by atoms with Gasteiger partial charge in [0.2, 0.25) is 0 Å². The first-order valence-corrected chi connectivity index (χ1v) is 11.3. The zero-order chi connectivity index (χ0) is 23.5. The highest BCUT2D eigenvalue weighted by molar-refractivity contribution is 5.94. The van der Waals surface area contributed by atoms with Crippen molar-refractivity contribution in [3.63, 3.8) is 0 Å². The van der Waals surface area contributed by atoms with Crippen LogP contribution in [0.15, 0.2) is 59.5 Å². The predicted molar refractivity (Wildman–Crippen MR) is 130 cm³/mol. The molecule has 33 heavy (non-hydrogen) atoms. The largest absolute Gasteiger partial charge is 0.467 e. The van der Waals surface area contributed by atoms with Crippen molar-refractivity contribution in [2.45, 2.75) is 46.1 Å². The van der Waals surface area contributed by atoms with Gasteiger partial charge in [0.1, 0.15) is 11.7 Å². The van der Waals surface area contributed by atoms with Crippen molar-refractivity contribution in [1.82, 2.24) is 14.5 Å². The smallest absolute Gasteiger partial charge is 0.328 e. The Morgan fingerprint density at radius 1 is 1.03 bits per heavy atom. The fraction of sp³-hybridized carbons (Fsp3) is 0.333. The van der Waals surface area contributed by atoms with Crippen molar-refractivity contribution in [2.75, 3.05) is 7.11 Å². The van der Waals surface area contributed by atoms with Gasteiger partial charge in [-0.3, -0.25) is 14.3 Å². The molecule has 6 heteroatoms. The number of pyridine rings is 1. The lowest BCUT2D eigenvalue weighted by molar-refractivity contribution is -0.145. The lowest BCUT2D eigenvalue weighted by Crippen LogP contribution is -2.33. The minimum atomic E-state index is -0.656. The molecular weight excluding hydrogens is 414 g/mol. The highest BCUT2D eigenvalue weighted by Crippen LogP contribution is 2.24. The maximum atomic E-state index is 12.8. The number of hydrogen-bond donors (Lipinski definition) is 0. The summed E-state index contributed by atoms with van der Waals surface area (Å²) in [4.78, 5) is 34.6. The van der Waals surface area contributed by atoms with E-state index >= 15 is 0 Å². The molecular formula is C27H29N3O3. The number of hydrogen-bond acceptors (Lipinski definition) is 5. The average molecular weight is 444 g/mol. The lowest BCUT2D eigenvalue weighted by Gasteiger charge is -2.20. The number of para-hydroxylation sites is 1. The molecule has 170 valence electrons. The van der Waals surface area contributed by atoms with Gasteiger partial charge in [-0.1, -0.05) is 44.2 Å². The molecule has 0 radical (unpaired) electrons. The van der Waals surface area contributed by atoms with Crippen molar-refractivity contribution in [2.24, 2.45) is 5.92 Å². The number of carbonyl (C=O) groups is 1. The third-order valence-corrected chi connectivity index (χ3v) is 5.95. The van der Waals surface area contributed by atoms with Crippen LogP contribution in [0, 0.1) is 12.8 Å². The van der Waals surface area contributed by atoms with Gasteiger partial charge in [0.25, 0.3) is 5.56 Å². The van der Waals surface area contributed by atoms with E-state index in [4.69, 9.17) is 9.72 Å². The second-order valence-corrected chi connectivity index (χ2v) is 8.86. The minimum absolute atomic E-state index is 0.232. The van der Waals surface area contributed by atoms with Gasteiger partial charge in [0.15, 0.2) is 0 Å². The molecule has 4 rings (SSSR count). The van der Waals surface area contributed by atoms with Gasteiger partial charge in [0.05, 0.1) is 23.8 Å². The molecule has 0 unspecified atom stereocenters. The van der Waals surface area contributed by atoms with E-state index in [1.807, 2.05) is 44.2 Å². The molecule has 0 bridgehead atoms. The number of esters is 1. The van der Waals surface area contributed by atoms with E-state index in [0.717, 1.165) is 33.9 Å². The number of ether oxygens (including phenoxy) is 1. The first kappa shape index (κ1) is 22.6. The van der Waals surface area contributed by atoms with E-state index in [1.54, 1.807) is 13.1 Å². The zero-order valence-electron chi connectivity index (χ0n) is 19.5. The van der Waals surface area contributed by atoms with E-state index in [2.05, 4.69) is 23.2 Å². The maximum Gasteiger partial charge on any atom is 0.328 e. The number of benzene rings is 2. The molecule has 4 aromatic rings. The Morgan fingerprint density at radius 2 is 1.79 bits per heavy atom. The van der Waals surface area contributed by atoms with Crippen LogP contribution in [-0.2, 0) is 22.4 Å². The Kier molecular flexibility index (Phi) is 6.54. The van der Waals surface area contributed by atoms with E-state index in [-0.39, 0.29) is 11.5 Å². The summed E-state index contributed by atoms with van der Waals surface area (Å²) in [6, 6.07) is 15.8. The Labute approximate surface area is 193 Å². The van der Waals surface area contributed by atoms with E-state index in [0.29, 0.717) is 18.5 Å². The first-order valence-electron chi connectivity index (χ1n) is 11.3. The Balaban J connectivity index is 1.67. The number of fused-ring (bicyclic) bond motifs is 2. The van der Waals surface area contributed by atoms with Crippen molar-refractivity contribution < 1.29 is 9.53 Å². The van der Waals surface area contributed by atoms with Gasteiger partial charge in [0, 0.05) is 17.0 Å². The molecule has 2 heterocycles. The summed E-state index contributed by atoms with van der Waals surface area (Å²) in [5.41, 5.74) is 4.02. The number of aromatic nitrogens is 3. The predicted octanol–water partition coefficient (Wildman–Crippen LogP) is 4.80. The van der Waals surface area contributed by atoms with Crippen molar-refractivity contribution in [1.29, 1.82) is 0 Å². The number of carbonyl (C=O) groups excluding carboxylic acids is 1. The average Bonchev–Trinajstić information content (AvgIpc) is 2.81. The highest BCUT2D eigenvalue weighted by atomic mass is 16.5. The van der Waals surface area contributed by atoms with Gasteiger partial charge in [-0.2, -0.15) is 0 Å². The summed E-state index contributed by atoms with van der Waals surface area (Å²) in [6.07, 6.45) is 3.63. The molecule has 0 aliphatic carbocycles. The lowest BCUT2D eigenvalue weighted by atomic mass is 10.0. The van der Waals surface area contributed by atoms with E-state index < -0.39 is 12.0 Å². The second-order valence-electron chi connectivity index (χ2n) is 8.86. The molecule has 0 aliphatic heterocycles. The summed E-state index contributed by atoms with van der Waals surface area (Å²) in [5.74, 6) is -0.176. The van der Waals surface area contributed by atoms with Crippen LogP contribution < -0.4 is 5.56 Å². The molecule has 0 N–H and O–H groups in total. The molecule has 2 aromatic heterocycles.